The van der Waals surface area contributed by atoms with Gasteiger partial charge >= 0.3 is 0 Å². The molecule has 2 N–H and O–H groups in total. The van der Waals surface area contributed by atoms with E-state index >= 15 is 0 Å². The number of nitrogens with one attached hydrogen (secondary N) is 2. The van der Waals surface area contributed by atoms with Crippen LogP contribution in [0.2, 0.25) is 0 Å². The molecule has 0 bridgehead atoms. The number of alkyl halides is 1. The Bertz CT molecular complexity index is 1970. The highest BCUT2D eigenvalue weighted by molar-refractivity contribution is 9.10. The van der Waals surface area contributed by atoms with Crippen LogP contribution in [0.3, 0.4) is 0 Å². The molecule has 3 aromatic heterocycles. The Morgan fingerprint density at radius 1 is 0.960 bits per heavy atom. The van der Waals surface area contributed by atoms with Gasteiger partial charge in [0.1, 0.15) is 18.2 Å². The fourth-order valence-electron chi connectivity index (χ4n) is 7.32. The molecular weight excluding hydrogens is 718 g/mol. The predicted octanol–water partition coefficient (Wildman–Crippen LogP) is 7.10. The fourth-order valence-corrected chi connectivity index (χ4v) is 8.82. The van der Waals surface area contributed by atoms with Gasteiger partial charge in [0.25, 0.3) is 0 Å². The molecule has 5 aromatic rings. The largest absolute Gasteiger partial charge is 0.494 e. The molecule has 0 atom stereocenters. The number of hydrogen-bond acceptors (Lipinski definition) is 10. The molecule has 2 saturated heterocycles. The number of piperidine rings is 2. The minimum absolute atomic E-state index is 0.266. The van der Waals surface area contributed by atoms with E-state index in [4.69, 9.17) is 9.72 Å². The van der Waals surface area contributed by atoms with Crippen LogP contribution in [-0.2, 0) is 7.05 Å². The van der Waals surface area contributed by atoms with Crippen LogP contribution < -0.4 is 25.6 Å². The molecule has 0 radical (unpaired) electrons. The lowest BCUT2D eigenvalue weighted by atomic mass is 9.71. The summed E-state index contributed by atoms with van der Waals surface area (Å²) in [5, 5.41) is 12.6. The van der Waals surface area contributed by atoms with Crippen LogP contribution in [0.5, 0.6) is 5.75 Å². The van der Waals surface area contributed by atoms with Gasteiger partial charge in [0.05, 0.1) is 34.5 Å². The zero-order chi connectivity index (χ0) is 34.8. The Hall–Kier alpha value is -3.93. The lowest BCUT2D eigenvalue weighted by Gasteiger charge is -2.47. The van der Waals surface area contributed by atoms with E-state index in [1.165, 1.54) is 0 Å². The number of rotatable bonds is 10. The zero-order valence-corrected chi connectivity index (χ0v) is 31.4. The van der Waals surface area contributed by atoms with Gasteiger partial charge in [-0.3, -0.25) is 14.6 Å². The summed E-state index contributed by atoms with van der Waals surface area (Å²) in [4.78, 5) is 23.4. The first-order valence-electron chi connectivity index (χ1n) is 17.0. The molecule has 0 unspecified atom stereocenters. The average Bonchev–Trinajstić information content (AvgIpc) is 3.56. The van der Waals surface area contributed by atoms with Crippen molar-refractivity contribution in [2.45, 2.75) is 25.7 Å². The molecule has 7 rings (SSSR count). The van der Waals surface area contributed by atoms with E-state index in [0.717, 1.165) is 101 Å². The highest BCUT2D eigenvalue weighted by Crippen LogP contribution is 2.46. The lowest BCUT2D eigenvalue weighted by Crippen LogP contribution is -2.47. The zero-order valence-electron chi connectivity index (χ0n) is 29.0. The summed E-state index contributed by atoms with van der Waals surface area (Å²) in [5.74, 6) is 1.76. The summed E-state index contributed by atoms with van der Waals surface area (Å²) >= 11 is 3.65. The lowest BCUT2D eigenvalue weighted by molar-refractivity contribution is 0.0764. The molecule has 1 spiro atoms. The third kappa shape index (κ3) is 7.13. The number of halogens is 2. The SMILES string of the molecule is COc1cc(N2CCC3(CCN(CCF)CC3)CC2)c(-c2cnn(C)c2)cc1Nc1ncc(Br)c(Nc2ccc3nccnc3c2P(C)C)n1. The standard InChI is InChI=1S/C36H43BrFN10OP/c1-46-23-24(21-42-46)25-19-29(31(49-2)20-30(25)48-16-9-36(10-17-48)7-14-47(15-8-36)18-11-38)44-35-41-22-26(37)34(45-35)43-28-6-5-27-32(33(28)50(3)4)40-13-12-39-27/h5-6,12-13,19-23H,7-11,14-18H2,1-4H3,(H2,41,43,44,45). The van der Waals surface area contributed by atoms with Crippen LogP contribution in [0.25, 0.3) is 22.2 Å². The number of aryl methyl sites for hydroxylation is 1. The first kappa shape index (κ1) is 34.5. The van der Waals surface area contributed by atoms with Crippen LogP contribution in [0, 0.1) is 5.41 Å². The van der Waals surface area contributed by atoms with E-state index in [1.807, 2.05) is 36.3 Å². The van der Waals surface area contributed by atoms with Crippen LogP contribution in [-0.4, -0.2) is 94.5 Å². The number of anilines is 5. The van der Waals surface area contributed by atoms with Crippen molar-refractivity contribution in [1.82, 2.24) is 34.6 Å². The second kappa shape index (κ2) is 14.7. The number of likely N-dealkylation sites (tertiary alicyclic amines) is 1. The number of hydrogen-bond donors (Lipinski definition) is 2. The maximum absolute atomic E-state index is 13.0. The molecule has 5 heterocycles. The van der Waals surface area contributed by atoms with Crippen molar-refractivity contribution in [3.8, 4) is 16.9 Å². The Morgan fingerprint density at radius 3 is 2.42 bits per heavy atom. The monoisotopic (exact) mass is 760 g/mol. The topological polar surface area (TPSA) is 109 Å². The molecule has 2 aliphatic heterocycles. The highest BCUT2D eigenvalue weighted by atomic mass is 79.9. The highest BCUT2D eigenvalue weighted by Gasteiger charge is 2.38. The van der Waals surface area contributed by atoms with Crippen molar-refractivity contribution in [2.75, 3.05) is 75.4 Å². The maximum Gasteiger partial charge on any atom is 0.229 e. The van der Waals surface area contributed by atoms with Gasteiger partial charge in [-0.15, -0.1) is 0 Å². The Morgan fingerprint density at radius 2 is 1.72 bits per heavy atom. The Kier molecular flexibility index (Phi) is 10.2. The first-order chi connectivity index (χ1) is 24.3. The van der Waals surface area contributed by atoms with E-state index in [0.29, 0.717) is 29.5 Å². The third-order valence-electron chi connectivity index (χ3n) is 10.1. The van der Waals surface area contributed by atoms with Gasteiger partial charge in [-0.2, -0.15) is 10.1 Å². The Balaban J connectivity index is 1.17. The minimum atomic E-state index is -0.499. The van der Waals surface area contributed by atoms with Crippen molar-refractivity contribution in [1.29, 1.82) is 0 Å². The van der Waals surface area contributed by atoms with Gasteiger partial charge in [-0.05, 0) is 91.6 Å². The number of ether oxygens (including phenoxy) is 1. The molecule has 2 aromatic carbocycles. The van der Waals surface area contributed by atoms with Crippen LogP contribution >= 0.6 is 23.9 Å². The van der Waals surface area contributed by atoms with Crippen LogP contribution in [0.15, 0.2) is 59.7 Å². The molecular formula is C36H43BrFN10OP. The quantitative estimate of drug-likeness (QED) is 0.143. The molecule has 50 heavy (non-hydrogen) atoms. The number of aromatic nitrogens is 6. The normalized spacial score (nSPS) is 16.3. The first-order valence-corrected chi connectivity index (χ1v) is 20.0. The smallest absolute Gasteiger partial charge is 0.229 e. The summed E-state index contributed by atoms with van der Waals surface area (Å²) < 4.78 is 21.5. The molecule has 14 heteroatoms. The van der Waals surface area contributed by atoms with Crippen molar-refractivity contribution in [3.63, 3.8) is 0 Å². The minimum Gasteiger partial charge on any atom is -0.494 e. The number of benzene rings is 2. The van der Waals surface area contributed by atoms with Crippen LogP contribution in [0.4, 0.5) is 33.2 Å². The van der Waals surface area contributed by atoms with E-state index in [-0.39, 0.29) is 6.67 Å². The molecule has 262 valence electrons. The van der Waals surface area contributed by atoms with Gasteiger partial charge in [0.2, 0.25) is 5.95 Å². The fraction of sp³-hybridized carbons (Fsp3) is 0.417. The predicted molar refractivity (Wildman–Crippen MR) is 205 cm³/mol. The van der Waals surface area contributed by atoms with Crippen molar-refractivity contribution in [3.05, 3.63) is 59.7 Å². The third-order valence-corrected chi connectivity index (χ3v) is 12.0. The van der Waals surface area contributed by atoms with E-state index in [2.05, 4.69) is 81.9 Å². The van der Waals surface area contributed by atoms with Crippen molar-refractivity contribution < 1.29 is 9.13 Å². The summed E-state index contributed by atoms with van der Waals surface area (Å²) in [7, 11) is 3.13. The second-order valence-electron chi connectivity index (χ2n) is 13.4. The van der Waals surface area contributed by atoms with Gasteiger partial charge in [0.15, 0.2) is 0 Å². The summed E-state index contributed by atoms with van der Waals surface area (Å²) in [5.41, 5.74) is 7.00. The molecule has 11 nitrogen and oxygen atoms in total. The molecule has 0 saturated carbocycles. The number of nitrogens with zero attached hydrogens (tertiary/aromatic N) is 8. The van der Waals surface area contributed by atoms with E-state index in [9.17, 15) is 4.39 Å². The van der Waals surface area contributed by atoms with Gasteiger partial charge in [0, 0.05) is 85.3 Å². The van der Waals surface area contributed by atoms with Crippen LogP contribution in [0.1, 0.15) is 25.7 Å². The maximum atomic E-state index is 13.0. The average molecular weight is 762 g/mol. The van der Waals surface area contributed by atoms with Gasteiger partial charge in [-0.25, -0.2) is 9.37 Å². The molecule has 2 fully saturated rings. The van der Waals surface area contributed by atoms with E-state index < -0.39 is 7.92 Å². The van der Waals surface area contributed by atoms with E-state index in [1.54, 1.807) is 25.7 Å². The number of fused-ring (bicyclic) bond motifs is 1. The molecule has 0 aliphatic carbocycles. The second-order valence-corrected chi connectivity index (χ2v) is 16.5. The van der Waals surface area contributed by atoms with Gasteiger partial charge < -0.3 is 25.2 Å². The summed E-state index contributed by atoms with van der Waals surface area (Å²) in [6.07, 6.45) is 13.7. The molecule has 2 aliphatic rings. The number of methoxy groups -OCH3 is 1. The summed E-state index contributed by atoms with van der Waals surface area (Å²) in [6, 6.07) is 8.26. The van der Waals surface area contributed by atoms with Crippen molar-refractivity contribution in [2.24, 2.45) is 12.5 Å². The Labute approximate surface area is 301 Å². The van der Waals surface area contributed by atoms with Crippen molar-refractivity contribution >= 4 is 69.0 Å². The van der Waals surface area contributed by atoms with Gasteiger partial charge in [-0.1, -0.05) is 7.92 Å². The molecule has 0 amide bonds. The summed E-state index contributed by atoms with van der Waals surface area (Å²) in [6.45, 7) is 8.61.